The van der Waals surface area contributed by atoms with Crippen LogP contribution in [0.4, 0.5) is 11.4 Å². The van der Waals surface area contributed by atoms with Crippen LogP contribution in [0.2, 0.25) is 0 Å². The Labute approximate surface area is 126 Å². The van der Waals surface area contributed by atoms with Crippen molar-refractivity contribution in [2.24, 2.45) is 0 Å². The minimum atomic E-state index is 0.816. The first-order chi connectivity index (χ1) is 10.2. The molecule has 0 radical (unpaired) electrons. The highest BCUT2D eigenvalue weighted by Crippen LogP contribution is 2.29. The van der Waals surface area contributed by atoms with Crippen LogP contribution in [0.5, 0.6) is 5.75 Å². The molecular formula is C18H22N2O. The number of likely N-dealkylation sites (N-methyl/N-ethyl adjacent to an activating group) is 1. The Morgan fingerprint density at radius 3 is 2.86 bits per heavy atom. The van der Waals surface area contributed by atoms with E-state index in [9.17, 15) is 0 Å². The summed E-state index contributed by atoms with van der Waals surface area (Å²) in [6, 6.07) is 13.0. The molecule has 110 valence electrons. The maximum atomic E-state index is 5.43. The quantitative estimate of drug-likeness (QED) is 0.927. The molecule has 0 saturated heterocycles. The lowest BCUT2D eigenvalue weighted by Crippen LogP contribution is -2.12. The van der Waals surface area contributed by atoms with E-state index in [1.54, 1.807) is 7.11 Å². The maximum Gasteiger partial charge on any atom is 0.142 e. The van der Waals surface area contributed by atoms with Gasteiger partial charge in [0, 0.05) is 25.8 Å². The van der Waals surface area contributed by atoms with Crippen LogP contribution >= 0.6 is 0 Å². The summed E-state index contributed by atoms with van der Waals surface area (Å²) in [5.74, 6) is 0.899. The van der Waals surface area contributed by atoms with Crippen molar-refractivity contribution in [1.29, 1.82) is 0 Å². The first-order valence-corrected chi connectivity index (χ1v) is 7.39. The van der Waals surface area contributed by atoms with Gasteiger partial charge in [-0.3, -0.25) is 0 Å². The fourth-order valence-electron chi connectivity index (χ4n) is 2.87. The third-order valence-corrected chi connectivity index (χ3v) is 4.11. The topological polar surface area (TPSA) is 24.5 Å². The SMILES string of the molecule is COc1cc(C)ccc1NCc1ccc2c(c1)CCN2C. The van der Waals surface area contributed by atoms with Crippen molar-refractivity contribution < 1.29 is 4.74 Å². The summed E-state index contributed by atoms with van der Waals surface area (Å²) in [6.07, 6.45) is 1.15. The van der Waals surface area contributed by atoms with E-state index in [1.807, 2.05) is 0 Å². The molecule has 2 aromatic carbocycles. The molecule has 3 rings (SSSR count). The zero-order chi connectivity index (χ0) is 14.8. The van der Waals surface area contributed by atoms with E-state index in [2.05, 4.69) is 60.6 Å². The molecule has 0 unspecified atom stereocenters. The van der Waals surface area contributed by atoms with Crippen LogP contribution in [0.1, 0.15) is 16.7 Å². The van der Waals surface area contributed by atoms with E-state index in [0.29, 0.717) is 0 Å². The van der Waals surface area contributed by atoms with Gasteiger partial charge in [-0.15, -0.1) is 0 Å². The molecule has 0 amide bonds. The third kappa shape index (κ3) is 2.82. The van der Waals surface area contributed by atoms with E-state index in [0.717, 1.165) is 30.9 Å². The number of aryl methyl sites for hydroxylation is 1. The van der Waals surface area contributed by atoms with Gasteiger partial charge in [0.05, 0.1) is 12.8 Å². The van der Waals surface area contributed by atoms with E-state index < -0.39 is 0 Å². The second kappa shape index (κ2) is 5.68. The maximum absolute atomic E-state index is 5.43. The lowest BCUT2D eigenvalue weighted by atomic mass is 10.1. The number of hydrogen-bond acceptors (Lipinski definition) is 3. The Morgan fingerprint density at radius 2 is 2.05 bits per heavy atom. The van der Waals surface area contributed by atoms with Crippen LogP contribution in [-0.4, -0.2) is 20.7 Å². The van der Waals surface area contributed by atoms with Crippen LogP contribution in [0, 0.1) is 6.92 Å². The van der Waals surface area contributed by atoms with Gasteiger partial charge >= 0.3 is 0 Å². The summed E-state index contributed by atoms with van der Waals surface area (Å²) < 4.78 is 5.43. The predicted molar refractivity (Wildman–Crippen MR) is 88.5 cm³/mol. The highest BCUT2D eigenvalue weighted by atomic mass is 16.5. The minimum absolute atomic E-state index is 0.816. The number of rotatable bonds is 4. The summed E-state index contributed by atoms with van der Waals surface area (Å²) in [6.45, 7) is 4.01. The Kier molecular flexibility index (Phi) is 3.74. The summed E-state index contributed by atoms with van der Waals surface area (Å²) in [7, 11) is 3.87. The summed E-state index contributed by atoms with van der Waals surface area (Å²) in [5, 5.41) is 3.47. The number of fused-ring (bicyclic) bond motifs is 1. The van der Waals surface area contributed by atoms with Crippen molar-refractivity contribution in [1.82, 2.24) is 0 Å². The highest BCUT2D eigenvalue weighted by molar-refractivity contribution is 5.60. The molecule has 0 aliphatic carbocycles. The van der Waals surface area contributed by atoms with Gasteiger partial charge < -0.3 is 15.0 Å². The largest absolute Gasteiger partial charge is 0.495 e. The number of anilines is 2. The van der Waals surface area contributed by atoms with Crippen LogP contribution in [0.3, 0.4) is 0 Å². The summed E-state index contributed by atoms with van der Waals surface area (Å²) >= 11 is 0. The Balaban J connectivity index is 1.74. The van der Waals surface area contributed by atoms with E-state index in [-0.39, 0.29) is 0 Å². The van der Waals surface area contributed by atoms with Crippen molar-refractivity contribution in [3.05, 3.63) is 53.1 Å². The number of ether oxygens (including phenoxy) is 1. The molecule has 1 aliphatic heterocycles. The van der Waals surface area contributed by atoms with Gasteiger partial charge in [-0.25, -0.2) is 0 Å². The summed E-state index contributed by atoms with van der Waals surface area (Å²) in [5.41, 5.74) is 6.38. The lowest BCUT2D eigenvalue weighted by Gasteiger charge is -2.14. The Hall–Kier alpha value is -2.16. The molecule has 1 N–H and O–H groups in total. The van der Waals surface area contributed by atoms with Gasteiger partial charge in [-0.1, -0.05) is 18.2 Å². The number of benzene rings is 2. The zero-order valence-corrected chi connectivity index (χ0v) is 12.9. The average Bonchev–Trinajstić information content (AvgIpc) is 2.87. The smallest absolute Gasteiger partial charge is 0.142 e. The van der Waals surface area contributed by atoms with Crippen LogP contribution in [0.25, 0.3) is 0 Å². The molecule has 0 saturated carbocycles. The molecule has 1 heterocycles. The fourth-order valence-corrected chi connectivity index (χ4v) is 2.87. The first-order valence-electron chi connectivity index (χ1n) is 7.39. The summed E-state index contributed by atoms with van der Waals surface area (Å²) in [4.78, 5) is 2.32. The average molecular weight is 282 g/mol. The van der Waals surface area contributed by atoms with Gasteiger partial charge in [-0.2, -0.15) is 0 Å². The van der Waals surface area contributed by atoms with E-state index in [1.165, 1.54) is 22.4 Å². The molecule has 3 heteroatoms. The third-order valence-electron chi connectivity index (χ3n) is 4.11. The van der Waals surface area contributed by atoms with Crippen molar-refractivity contribution in [2.75, 3.05) is 30.9 Å². The van der Waals surface area contributed by atoms with Gasteiger partial charge in [0.15, 0.2) is 0 Å². The highest BCUT2D eigenvalue weighted by Gasteiger charge is 2.15. The van der Waals surface area contributed by atoms with E-state index >= 15 is 0 Å². The minimum Gasteiger partial charge on any atom is -0.495 e. The second-order valence-corrected chi connectivity index (χ2v) is 5.69. The molecule has 21 heavy (non-hydrogen) atoms. The van der Waals surface area contributed by atoms with Gasteiger partial charge in [-0.05, 0) is 48.2 Å². The predicted octanol–water partition coefficient (Wildman–Crippen LogP) is 3.61. The second-order valence-electron chi connectivity index (χ2n) is 5.69. The molecule has 1 aliphatic rings. The van der Waals surface area contributed by atoms with Crippen molar-refractivity contribution in [3.63, 3.8) is 0 Å². The molecule has 0 atom stereocenters. The van der Waals surface area contributed by atoms with Crippen molar-refractivity contribution >= 4 is 11.4 Å². The monoisotopic (exact) mass is 282 g/mol. The number of methoxy groups -OCH3 is 1. The standard InChI is InChI=1S/C18H22N2O/c1-13-4-6-16(18(10-13)21-3)19-12-14-5-7-17-15(11-14)8-9-20(17)2/h4-7,10-11,19H,8-9,12H2,1-3H3. The lowest BCUT2D eigenvalue weighted by molar-refractivity contribution is 0.416. The molecule has 0 fully saturated rings. The molecule has 0 bridgehead atoms. The normalized spacial score (nSPS) is 13.2. The van der Waals surface area contributed by atoms with Gasteiger partial charge in [0.25, 0.3) is 0 Å². The zero-order valence-electron chi connectivity index (χ0n) is 12.9. The van der Waals surface area contributed by atoms with E-state index in [4.69, 9.17) is 4.74 Å². The van der Waals surface area contributed by atoms with Gasteiger partial charge in [0.1, 0.15) is 5.75 Å². The number of nitrogens with one attached hydrogen (secondary N) is 1. The fraction of sp³-hybridized carbons (Fsp3) is 0.333. The van der Waals surface area contributed by atoms with Crippen LogP contribution in [0.15, 0.2) is 36.4 Å². The molecule has 2 aromatic rings. The van der Waals surface area contributed by atoms with Crippen molar-refractivity contribution in [2.45, 2.75) is 19.9 Å². The molecule has 0 aromatic heterocycles. The Bertz CT molecular complexity index is 652. The number of nitrogens with zero attached hydrogens (tertiary/aromatic N) is 1. The Morgan fingerprint density at radius 1 is 1.19 bits per heavy atom. The molecule has 0 spiro atoms. The van der Waals surface area contributed by atoms with Crippen molar-refractivity contribution in [3.8, 4) is 5.75 Å². The van der Waals surface area contributed by atoms with Crippen LogP contribution in [-0.2, 0) is 13.0 Å². The number of hydrogen-bond donors (Lipinski definition) is 1. The molecular weight excluding hydrogens is 260 g/mol. The van der Waals surface area contributed by atoms with Gasteiger partial charge in [0.2, 0.25) is 0 Å². The molecule has 3 nitrogen and oxygen atoms in total. The van der Waals surface area contributed by atoms with Crippen LogP contribution < -0.4 is 15.0 Å². The first kappa shape index (κ1) is 13.8.